The minimum Gasteiger partial charge on any atom is -0.495 e. The molecule has 152 valence electrons. The molecule has 0 unspecified atom stereocenters. The molecule has 3 rings (SSSR count). The molecule has 0 aliphatic rings. The van der Waals surface area contributed by atoms with Gasteiger partial charge in [-0.05, 0) is 59.7 Å². The third-order valence-electron chi connectivity index (χ3n) is 4.43. The lowest BCUT2D eigenvalue weighted by Crippen LogP contribution is -2.28. The number of methoxy groups -OCH3 is 1. The molecule has 28 heavy (non-hydrogen) atoms. The summed E-state index contributed by atoms with van der Waals surface area (Å²) in [6, 6.07) is 5.05. The van der Waals surface area contributed by atoms with Crippen LogP contribution in [0.2, 0.25) is 0 Å². The molecule has 7 nitrogen and oxygen atoms in total. The first-order valence-corrected chi connectivity index (χ1v) is 11.1. The van der Waals surface area contributed by atoms with E-state index < -0.39 is 20.2 Å². The van der Waals surface area contributed by atoms with Gasteiger partial charge in [-0.25, -0.2) is 17.9 Å². The van der Waals surface area contributed by atoms with E-state index in [-0.39, 0.29) is 4.90 Å². The Labute approximate surface area is 168 Å². The van der Waals surface area contributed by atoms with Gasteiger partial charge in [-0.15, -0.1) is 0 Å². The SMILES string of the molecule is COc1ccc(-c2c(C)nc3sc(C(C)(C)O)nn23)cc1S(=O)(=O)C(C)(C)C. The lowest BCUT2D eigenvalue weighted by Gasteiger charge is -2.21. The van der Waals surface area contributed by atoms with Crippen LogP contribution >= 0.6 is 11.3 Å². The van der Waals surface area contributed by atoms with E-state index in [4.69, 9.17) is 4.74 Å². The fourth-order valence-corrected chi connectivity index (χ4v) is 5.10. The molecule has 2 aromatic heterocycles. The molecule has 0 aliphatic heterocycles. The Hall–Kier alpha value is -1.97. The summed E-state index contributed by atoms with van der Waals surface area (Å²) in [5.74, 6) is 0.299. The number of aliphatic hydroxyl groups is 1. The van der Waals surface area contributed by atoms with Crippen molar-refractivity contribution in [1.82, 2.24) is 14.6 Å². The molecular weight excluding hydrogens is 398 g/mol. The molecule has 0 saturated carbocycles. The molecule has 1 aromatic carbocycles. The van der Waals surface area contributed by atoms with E-state index in [0.29, 0.717) is 27.0 Å². The van der Waals surface area contributed by atoms with Crippen molar-refractivity contribution in [3.05, 3.63) is 28.9 Å². The van der Waals surface area contributed by atoms with E-state index in [1.54, 1.807) is 57.3 Å². The van der Waals surface area contributed by atoms with Crippen molar-refractivity contribution in [2.24, 2.45) is 0 Å². The molecule has 1 N–H and O–H groups in total. The van der Waals surface area contributed by atoms with Crippen molar-refractivity contribution in [1.29, 1.82) is 0 Å². The van der Waals surface area contributed by atoms with Crippen LogP contribution in [0.3, 0.4) is 0 Å². The molecule has 9 heteroatoms. The molecule has 0 radical (unpaired) electrons. The predicted octanol–water partition coefficient (Wildman–Crippen LogP) is 3.57. The first kappa shape index (κ1) is 20.8. The van der Waals surface area contributed by atoms with E-state index in [1.807, 2.05) is 6.92 Å². The minimum atomic E-state index is -3.63. The largest absolute Gasteiger partial charge is 0.495 e. The van der Waals surface area contributed by atoms with Gasteiger partial charge >= 0.3 is 0 Å². The van der Waals surface area contributed by atoms with Crippen molar-refractivity contribution in [3.63, 3.8) is 0 Å². The molecule has 0 spiro atoms. The van der Waals surface area contributed by atoms with Crippen molar-refractivity contribution < 1.29 is 18.3 Å². The number of imidazole rings is 1. The Balaban J connectivity index is 2.27. The van der Waals surface area contributed by atoms with Gasteiger partial charge in [0, 0.05) is 5.56 Å². The minimum absolute atomic E-state index is 0.132. The zero-order valence-electron chi connectivity index (χ0n) is 17.1. The third-order valence-corrected chi connectivity index (χ3v) is 8.17. The van der Waals surface area contributed by atoms with Crippen LogP contribution in [-0.4, -0.2) is 40.0 Å². The van der Waals surface area contributed by atoms with Gasteiger partial charge in [0.1, 0.15) is 21.3 Å². The highest BCUT2D eigenvalue weighted by Gasteiger charge is 2.34. The molecule has 3 aromatic rings. The van der Waals surface area contributed by atoms with Crippen LogP contribution in [0.5, 0.6) is 5.75 Å². The average molecular weight is 424 g/mol. The smallest absolute Gasteiger partial charge is 0.213 e. The normalized spacial score (nSPS) is 13.3. The lowest BCUT2D eigenvalue weighted by atomic mass is 10.1. The summed E-state index contributed by atoms with van der Waals surface area (Å²) in [6.07, 6.45) is 0. The monoisotopic (exact) mass is 423 g/mol. The first-order valence-electron chi connectivity index (χ1n) is 8.79. The quantitative estimate of drug-likeness (QED) is 0.689. The number of aryl methyl sites for hydroxylation is 1. The van der Waals surface area contributed by atoms with Gasteiger partial charge in [0.05, 0.1) is 23.2 Å². The van der Waals surface area contributed by atoms with Gasteiger partial charge in [-0.1, -0.05) is 11.3 Å². The topological polar surface area (TPSA) is 93.8 Å². The van der Waals surface area contributed by atoms with E-state index in [0.717, 1.165) is 5.69 Å². The summed E-state index contributed by atoms with van der Waals surface area (Å²) in [5, 5.41) is 15.3. The highest BCUT2D eigenvalue weighted by Crippen LogP contribution is 2.37. The summed E-state index contributed by atoms with van der Waals surface area (Å²) in [7, 11) is -2.18. The summed E-state index contributed by atoms with van der Waals surface area (Å²) >= 11 is 1.30. The number of benzene rings is 1. The molecule has 0 saturated heterocycles. The number of fused-ring (bicyclic) bond motifs is 1. The first-order chi connectivity index (χ1) is 12.8. The number of sulfone groups is 1. The van der Waals surface area contributed by atoms with E-state index in [1.165, 1.54) is 18.4 Å². The van der Waals surface area contributed by atoms with Crippen LogP contribution in [0.1, 0.15) is 45.3 Å². The fourth-order valence-electron chi connectivity index (χ4n) is 2.79. The Morgan fingerprint density at radius 3 is 2.36 bits per heavy atom. The van der Waals surface area contributed by atoms with E-state index in [9.17, 15) is 13.5 Å². The molecule has 0 bridgehead atoms. The lowest BCUT2D eigenvalue weighted by molar-refractivity contribution is 0.0773. The Kier molecular flexibility index (Phi) is 4.84. The average Bonchev–Trinajstić information content (AvgIpc) is 3.09. The number of hydrogen-bond donors (Lipinski definition) is 1. The van der Waals surface area contributed by atoms with Crippen LogP contribution in [-0.2, 0) is 15.4 Å². The van der Waals surface area contributed by atoms with Crippen molar-refractivity contribution in [2.45, 2.75) is 56.8 Å². The highest BCUT2D eigenvalue weighted by molar-refractivity contribution is 7.92. The van der Waals surface area contributed by atoms with Gasteiger partial charge in [-0.2, -0.15) is 5.10 Å². The molecule has 2 heterocycles. The van der Waals surface area contributed by atoms with Gasteiger partial charge in [-0.3, -0.25) is 0 Å². The number of aromatic nitrogens is 3. The number of hydrogen-bond acceptors (Lipinski definition) is 7. The summed E-state index contributed by atoms with van der Waals surface area (Å²) < 4.78 is 32.2. The maximum Gasteiger partial charge on any atom is 0.213 e. The highest BCUT2D eigenvalue weighted by atomic mass is 32.2. The van der Waals surface area contributed by atoms with Crippen LogP contribution in [0.15, 0.2) is 23.1 Å². The van der Waals surface area contributed by atoms with Crippen molar-refractivity contribution in [2.75, 3.05) is 7.11 Å². The van der Waals surface area contributed by atoms with Crippen molar-refractivity contribution >= 4 is 26.1 Å². The molecule has 0 atom stereocenters. The zero-order valence-corrected chi connectivity index (χ0v) is 18.7. The third kappa shape index (κ3) is 3.31. The van der Waals surface area contributed by atoms with Gasteiger partial charge in [0.2, 0.25) is 4.96 Å². The second-order valence-electron chi connectivity index (χ2n) is 8.19. The Morgan fingerprint density at radius 1 is 1.18 bits per heavy atom. The molecule has 0 aliphatic carbocycles. The molecular formula is C19H25N3O4S2. The standard InChI is InChI=1S/C19H25N3O4S2/c1-11-15(22-17(20-11)27-16(21-22)19(5,6)23)12-8-9-13(26-7)14(10-12)28(24,25)18(2,3)4/h8-10,23H,1-7H3. The Morgan fingerprint density at radius 2 is 1.82 bits per heavy atom. The molecule has 0 amide bonds. The zero-order chi connectivity index (χ0) is 21.1. The second-order valence-corrected chi connectivity index (χ2v) is 11.8. The molecule has 0 fully saturated rings. The number of nitrogens with zero attached hydrogens (tertiary/aromatic N) is 3. The summed E-state index contributed by atoms with van der Waals surface area (Å²) in [5.41, 5.74) is 0.998. The van der Waals surface area contributed by atoms with Gasteiger partial charge in [0.15, 0.2) is 9.84 Å². The maximum absolute atomic E-state index is 13.1. The van der Waals surface area contributed by atoms with Crippen LogP contribution in [0.4, 0.5) is 0 Å². The predicted molar refractivity (Wildman–Crippen MR) is 110 cm³/mol. The van der Waals surface area contributed by atoms with Crippen LogP contribution in [0.25, 0.3) is 16.2 Å². The van der Waals surface area contributed by atoms with E-state index >= 15 is 0 Å². The van der Waals surface area contributed by atoms with E-state index in [2.05, 4.69) is 10.1 Å². The van der Waals surface area contributed by atoms with Gasteiger partial charge in [0.25, 0.3) is 0 Å². The van der Waals surface area contributed by atoms with Gasteiger partial charge < -0.3 is 9.84 Å². The van der Waals surface area contributed by atoms with Crippen LogP contribution < -0.4 is 4.74 Å². The van der Waals surface area contributed by atoms with Crippen molar-refractivity contribution in [3.8, 4) is 17.0 Å². The summed E-state index contributed by atoms with van der Waals surface area (Å²) in [4.78, 5) is 5.31. The number of rotatable bonds is 4. The second kappa shape index (κ2) is 6.53. The number of ether oxygens (including phenoxy) is 1. The Bertz CT molecular complexity index is 1150. The van der Waals surface area contributed by atoms with Crippen LogP contribution in [0, 0.1) is 6.92 Å². The fraction of sp³-hybridized carbons (Fsp3) is 0.474. The maximum atomic E-state index is 13.1. The summed E-state index contributed by atoms with van der Waals surface area (Å²) in [6.45, 7) is 10.2.